The van der Waals surface area contributed by atoms with Crippen molar-refractivity contribution in [1.82, 2.24) is 0 Å². The van der Waals surface area contributed by atoms with E-state index in [1.165, 1.54) is 27.8 Å². The van der Waals surface area contributed by atoms with Crippen molar-refractivity contribution in [1.29, 1.82) is 0 Å². The summed E-state index contributed by atoms with van der Waals surface area (Å²) < 4.78 is 6.00. The fourth-order valence-corrected chi connectivity index (χ4v) is 3.42. The summed E-state index contributed by atoms with van der Waals surface area (Å²) in [6.45, 7) is 3.55. The summed E-state index contributed by atoms with van der Waals surface area (Å²) in [5.41, 5.74) is 7.20. The number of allylic oxidation sites excluding steroid dienone is 1. The lowest BCUT2D eigenvalue weighted by molar-refractivity contribution is 0.306. The van der Waals surface area contributed by atoms with Crippen molar-refractivity contribution in [2.45, 2.75) is 20.0 Å². The van der Waals surface area contributed by atoms with Crippen LogP contribution in [0.5, 0.6) is 5.75 Å². The Morgan fingerprint density at radius 1 is 0.963 bits per heavy atom. The van der Waals surface area contributed by atoms with Gasteiger partial charge in [0.1, 0.15) is 12.4 Å². The van der Waals surface area contributed by atoms with E-state index in [2.05, 4.69) is 67.6 Å². The minimum atomic E-state index is 0.591. The van der Waals surface area contributed by atoms with E-state index in [0.29, 0.717) is 6.61 Å². The van der Waals surface area contributed by atoms with Gasteiger partial charge in [-0.25, -0.2) is 0 Å². The van der Waals surface area contributed by atoms with E-state index in [1.54, 1.807) is 0 Å². The molecule has 4 rings (SSSR count). The van der Waals surface area contributed by atoms with Crippen LogP contribution in [0.4, 0.5) is 0 Å². The summed E-state index contributed by atoms with van der Waals surface area (Å²) in [5, 5.41) is 0. The molecule has 0 aromatic heterocycles. The molecule has 3 aromatic carbocycles. The Morgan fingerprint density at radius 2 is 1.70 bits per heavy atom. The van der Waals surface area contributed by atoms with Crippen molar-refractivity contribution in [3.8, 4) is 5.75 Å². The smallest absolute Gasteiger partial charge is 0.120 e. The van der Waals surface area contributed by atoms with Gasteiger partial charge in [-0.15, -0.1) is 0 Å². The minimum absolute atomic E-state index is 0.591. The Hall–Kier alpha value is -3.13. The van der Waals surface area contributed by atoms with Gasteiger partial charge in [0.25, 0.3) is 0 Å². The number of rotatable bonds is 5. The van der Waals surface area contributed by atoms with Gasteiger partial charge in [0.2, 0.25) is 0 Å². The molecular formula is C25H23NO. The molecule has 2 nitrogen and oxygen atoms in total. The average Bonchev–Trinajstić information content (AvgIpc) is 2.73. The lowest BCUT2D eigenvalue weighted by Gasteiger charge is -2.19. The molecule has 1 aliphatic heterocycles. The van der Waals surface area contributed by atoms with Gasteiger partial charge in [-0.2, -0.15) is 0 Å². The molecule has 0 radical (unpaired) electrons. The molecular weight excluding hydrogens is 330 g/mol. The molecule has 0 saturated carbocycles. The van der Waals surface area contributed by atoms with Gasteiger partial charge in [-0.1, -0.05) is 60.7 Å². The van der Waals surface area contributed by atoms with E-state index in [0.717, 1.165) is 24.4 Å². The molecule has 1 heterocycles. The van der Waals surface area contributed by atoms with Crippen LogP contribution in [-0.2, 0) is 13.0 Å². The van der Waals surface area contributed by atoms with Gasteiger partial charge in [0.15, 0.2) is 0 Å². The van der Waals surface area contributed by atoms with Crippen molar-refractivity contribution in [3.05, 3.63) is 107 Å². The van der Waals surface area contributed by atoms with Gasteiger partial charge in [0, 0.05) is 12.1 Å². The van der Waals surface area contributed by atoms with Crippen molar-refractivity contribution in [2.75, 3.05) is 6.54 Å². The fourth-order valence-electron chi connectivity index (χ4n) is 3.42. The molecule has 0 fully saturated rings. The minimum Gasteiger partial charge on any atom is -0.489 e. The van der Waals surface area contributed by atoms with Gasteiger partial charge in [-0.3, -0.25) is 4.99 Å². The molecule has 0 amide bonds. The van der Waals surface area contributed by atoms with Crippen LogP contribution in [0.1, 0.15) is 29.2 Å². The monoisotopic (exact) mass is 353 g/mol. The molecule has 0 bridgehead atoms. The van der Waals surface area contributed by atoms with Crippen molar-refractivity contribution < 1.29 is 4.74 Å². The van der Waals surface area contributed by atoms with Crippen LogP contribution in [0.2, 0.25) is 0 Å². The van der Waals surface area contributed by atoms with E-state index in [-0.39, 0.29) is 0 Å². The first-order valence-electron chi connectivity index (χ1n) is 9.38. The van der Waals surface area contributed by atoms with Crippen LogP contribution in [0.15, 0.2) is 89.4 Å². The van der Waals surface area contributed by atoms with Gasteiger partial charge in [-0.05, 0) is 59.9 Å². The van der Waals surface area contributed by atoms with E-state index in [1.807, 2.05) is 24.3 Å². The molecule has 1 aliphatic rings. The molecule has 2 heteroatoms. The normalized spacial score (nSPS) is 13.7. The average molecular weight is 353 g/mol. The van der Waals surface area contributed by atoms with Gasteiger partial charge < -0.3 is 4.74 Å². The molecule has 0 aliphatic carbocycles. The maximum absolute atomic E-state index is 6.00. The predicted molar refractivity (Wildman–Crippen MR) is 112 cm³/mol. The zero-order valence-corrected chi connectivity index (χ0v) is 15.6. The summed E-state index contributed by atoms with van der Waals surface area (Å²) in [6, 6.07) is 27.0. The summed E-state index contributed by atoms with van der Waals surface area (Å²) in [4.78, 5) is 4.80. The number of hydrogen-bond donors (Lipinski definition) is 0. The summed E-state index contributed by atoms with van der Waals surface area (Å²) in [7, 11) is 0. The maximum Gasteiger partial charge on any atom is 0.120 e. The summed E-state index contributed by atoms with van der Waals surface area (Å²) in [6.07, 6.45) is 3.16. The van der Waals surface area contributed by atoms with Crippen LogP contribution in [0.3, 0.4) is 0 Å². The molecule has 134 valence electrons. The first kappa shape index (κ1) is 17.3. The van der Waals surface area contributed by atoms with Gasteiger partial charge >= 0.3 is 0 Å². The number of fused-ring (bicyclic) bond motifs is 1. The second kappa shape index (κ2) is 8.05. The SMILES string of the molecule is C/C(=C\c1ccccc1)C1=NCCc2cc(OCc3ccccc3)ccc21. The molecule has 0 spiro atoms. The number of hydrogen-bond acceptors (Lipinski definition) is 2. The Labute approximate surface area is 160 Å². The van der Waals surface area contributed by atoms with E-state index in [4.69, 9.17) is 9.73 Å². The predicted octanol–water partition coefficient (Wildman–Crippen LogP) is 5.71. The van der Waals surface area contributed by atoms with Crippen molar-refractivity contribution in [3.63, 3.8) is 0 Å². The van der Waals surface area contributed by atoms with Crippen LogP contribution in [0.25, 0.3) is 6.08 Å². The van der Waals surface area contributed by atoms with Crippen LogP contribution in [0, 0.1) is 0 Å². The highest BCUT2D eigenvalue weighted by molar-refractivity contribution is 6.15. The Bertz CT molecular complexity index is 972. The molecule has 0 N–H and O–H groups in total. The van der Waals surface area contributed by atoms with Crippen molar-refractivity contribution in [2.24, 2.45) is 4.99 Å². The first-order chi connectivity index (χ1) is 13.3. The third kappa shape index (κ3) is 4.17. The highest BCUT2D eigenvalue weighted by Gasteiger charge is 2.16. The highest BCUT2D eigenvalue weighted by Crippen LogP contribution is 2.26. The lowest BCUT2D eigenvalue weighted by atomic mass is 9.93. The van der Waals surface area contributed by atoms with E-state index < -0.39 is 0 Å². The highest BCUT2D eigenvalue weighted by atomic mass is 16.5. The standard InChI is InChI=1S/C25H23NO/c1-19(16-20-8-4-2-5-9-20)25-24-13-12-23(17-22(24)14-15-26-25)27-18-21-10-6-3-7-11-21/h2-13,16-17H,14-15,18H2,1H3/b19-16+. The topological polar surface area (TPSA) is 21.6 Å². The van der Waals surface area contributed by atoms with E-state index >= 15 is 0 Å². The Morgan fingerprint density at radius 3 is 2.48 bits per heavy atom. The molecule has 27 heavy (non-hydrogen) atoms. The van der Waals surface area contributed by atoms with E-state index in [9.17, 15) is 0 Å². The number of aliphatic imine (C=N–C) groups is 1. The summed E-state index contributed by atoms with van der Waals surface area (Å²) >= 11 is 0. The second-order valence-corrected chi connectivity index (χ2v) is 6.81. The number of ether oxygens (including phenoxy) is 1. The van der Waals surface area contributed by atoms with Gasteiger partial charge in [0.05, 0.1) is 5.71 Å². The zero-order valence-electron chi connectivity index (χ0n) is 15.6. The third-order valence-corrected chi connectivity index (χ3v) is 4.79. The van der Waals surface area contributed by atoms with Crippen molar-refractivity contribution >= 4 is 11.8 Å². The molecule has 0 atom stereocenters. The summed E-state index contributed by atoms with van der Waals surface area (Å²) in [5.74, 6) is 0.920. The quantitative estimate of drug-likeness (QED) is 0.575. The van der Waals surface area contributed by atoms with Crippen LogP contribution < -0.4 is 4.74 Å². The number of benzene rings is 3. The Kier molecular flexibility index (Phi) is 5.15. The molecule has 0 saturated heterocycles. The Balaban J connectivity index is 1.54. The number of nitrogens with zero attached hydrogens (tertiary/aromatic N) is 1. The molecule has 3 aromatic rings. The molecule has 0 unspecified atom stereocenters. The van der Waals surface area contributed by atoms with Crippen LogP contribution in [-0.4, -0.2) is 12.3 Å². The fraction of sp³-hybridized carbons (Fsp3) is 0.160. The van der Waals surface area contributed by atoms with Crippen LogP contribution >= 0.6 is 0 Å². The lowest BCUT2D eigenvalue weighted by Crippen LogP contribution is -2.14. The third-order valence-electron chi connectivity index (χ3n) is 4.79. The zero-order chi connectivity index (χ0) is 18.5. The second-order valence-electron chi connectivity index (χ2n) is 6.81. The maximum atomic E-state index is 6.00. The first-order valence-corrected chi connectivity index (χ1v) is 9.38. The largest absolute Gasteiger partial charge is 0.489 e.